The van der Waals surface area contributed by atoms with Gasteiger partial charge < -0.3 is 20.1 Å². The molecule has 2 atom stereocenters. The highest BCUT2D eigenvalue weighted by molar-refractivity contribution is 7.47. The van der Waals surface area contributed by atoms with Crippen LogP contribution in [0.15, 0.2) is 72.9 Å². The molecule has 0 aromatic carbocycles. The Hall–Kier alpha value is -2.55. The molecule has 0 aromatic heterocycles. The first-order chi connectivity index (χ1) is 26.8. The minimum atomic E-state index is -4.40. The number of ether oxygens (including phenoxy) is 2. The molecule has 0 aliphatic heterocycles. The van der Waals surface area contributed by atoms with E-state index in [1.165, 1.54) is 64.2 Å². The van der Waals surface area contributed by atoms with Crippen molar-refractivity contribution in [2.45, 2.75) is 174 Å². The van der Waals surface area contributed by atoms with Crippen molar-refractivity contribution in [2.24, 2.45) is 5.73 Å². The number of hydrogen-bond acceptors (Lipinski definition) is 8. The fourth-order valence-electron chi connectivity index (χ4n) is 5.43. The number of rotatable bonds is 39. The monoisotopic (exact) mass is 792 g/mol. The summed E-state index contributed by atoms with van der Waals surface area (Å²) < 4.78 is 32.7. The molecule has 0 aliphatic rings. The summed E-state index contributed by atoms with van der Waals surface area (Å²) in [6.07, 6.45) is 49.4. The average molecular weight is 792 g/mol. The van der Waals surface area contributed by atoms with Crippen LogP contribution >= 0.6 is 7.82 Å². The van der Waals surface area contributed by atoms with Crippen molar-refractivity contribution in [1.29, 1.82) is 0 Å². The number of carbonyl (C=O) groups is 2. The number of phosphoric ester groups is 1. The fraction of sp³-hybridized carbons (Fsp3) is 0.689. The minimum absolute atomic E-state index is 0.0405. The molecule has 0 spiro atoms. The molecule has 0 rings (SSSR count). The van der Waals surface area contributed by atoms with E-state index in [1.807, 2.05) is 6.08 Å². The summed E-state index contributed by atoms with van der Waals surface area (Å²) in [5.41, 5.74) is 5.34. The van der Waals surface area contributed by atoms with Crippen molar-refractivity contribution in [1.82, 2.24) is 0 Å². The first-order valence-corrected chi connectivity index (χ1v) is 22.9. The van der Waals surface area contributed by atoms with Gasteiger partial charge in [0.15, 0.2) is 6.10 Å². The molecule has 0 radical (unpaired) electrons. The molecule has 0 amide bonds. The third-order valence-corrected chi connectivity index (χ3v) is 9.56. The second-order valence-corrected chi connectivity index (χ2v) is 15.3. The van der Waals surface area contributed by atoms with E-state index < -0.39 is 32.5 Å². The van der Waals surface area contributed by atoms with Crippen LogP contribution in [0, 0.1) is 0 Å². The van der Waals surface area contributed by atoms with Gasteiger partial charge in [0.1, 0.15) is 6.61 Å². The van der Waals surface area contributed by atoms with Gasteiger partial charge in [0.25, 0.3) is 0 Å². The fourth-order valence-corrected chi connectivity index (χ4v) is 6.19. The van der Waals surface area contributed by atoms with Gasteiger partial charge in [-0.2, -0.15) is 0 Å². The molecule has 0 bridgehead atoms. The molecule has 316 valence electrons. The summed E-state index contributed by atoms with van der Waals surface area (Å²) in [6, 6.07) is 0. The largest absolute Gasteiger partial charge is 0.472 e. The molecule has 3 N–H and O–H groups in total. The van der Waals surface area contributed by atoms with Gasteiger partial charge in [0.05, 0.1) is 13.2 Å². The number of unbranched alkanes of at least 4 members (excludes halogenated alkanes) is 14. The van der Waals surface area contributed by atoms with E-state index >= 15 is 0 Å². The van der Waals surface area contributed by atoms with Gasteiger partial charge in [-0.25, -0.2) is 4.57 Å². The highest BCUT2D eigenvalue weighted by atomic mass is 31.2. The molecule has 0 heterocycles. The van der Waals surface area contributed by atoms with Crippen molar-refractivity contribution in [3.05, 3.63) is 72.9 Å². The zero-order chi connectivity index (χ0) is 40.3. The summed E-state index contributed by atoms with van der Waals surface area (Å²) in [5, 5.41) is 0. The summed E-state index contributed by atoms with van der Waals surface area (Å²) in [7, 11) is -4.40. The van der Waals surface area contributed by atoms with Crippen LogP contribution in [0.25, 0.3) is 0 Å². The van der Waals surface area contributed by atoms with E-state index in [9.17, 15) is 19.0 Å². The van der Waals surface area contributed by atoms with Crippen LogP contribution in [0.3, 0.4) is 0 Å². The topological polar surface area (TPSA) is 134 Å². The van der Waals surface area contributed by atoms with Crippen LogP contribution < -0.4 is 5.73 Å². The third kappa shape index (κ3) is 40.9. The van der Waals surface area contributed by atoms with Gasteiger partial charge in [-0.1, -0.05) is 151 Å². The van der Waals surface area contributed by atoms with E-state index in [0.29, 0.717) is 12.8 Å². The van der Waals surface area contributed by atoms with Gasteiger partial charge in [-0.05, 0) is 77.0 Å². The predicted molar refractivity (Wildman–Crippen MR) is 229 cm³/mol. The van der Waals surface area contributed by atoms with Crippen LogP contribution in [0.4, 0.5) is 0 Å². The first-order valence-electron chi connectivity index (χ1n) is 21.4. The molecule has 55 heavy (non-hydrogen) atoms. The van der Waals surface area contributed by atoms with Crippen molar-refractivity contribution < 1.29 is 37.6 Å². The lowest BCUT2D eigenvalue weighted by molar-refractivity contribution is -0.161. The summed E-state index contributed by atoms with van der Waals surface area (Å²) >= 11 is 0. The van der Waals surface area contributed by atoms with Gasteiger partial charge in [0, 0.05) is 19.4 Å². The van der Waals surface area contributed by atoms with E-state index in [-0.39, 0.29) is 32.6 Å². The average Bonchev–Trinajstić information content (AvgIpc) is 3.17. The molecule has 0 saturated carbocycles. The molecule has 1 unspecified atom stereocenters. The Morgan fingerprint density at radius 3 is 1.56 bits per heavy atom. The highest BCUT2D eigenvalue weighted by Gasteiger charge is 2.25. The lowest BCUT2D eigenvalue weighted by Crippen LogP contribution is -2.29. The zero-order valence-corrected chi connectivity index (χ0v) is 35.5. The molecular formula is C45H78NO8P. The minimum Gasteiger partial charge on any atom is -0.462 e. The van der Waals surface area contributed by atoms with Crippen molar-refractivity contribution in [2.75, 3.05) is 26.4 Å². The molecule has 0 saturated heterocycles. The van der Waals surface area contributed by atoms with E-state index in [4.69, 9.17) is 24.3 Å². The van der Waals surface area contributed by atoms with Gasteiger partial charge in [-0.15, -0.1) is 0 Å². The van der Waals surface area contributed by atoms with E-state index in [1.54, 1.807) is 0 Å². The number of esters is 2. The highest BCUT2D eigenvalue weighted by Crippen LogP contribution is 2.43. The summed E-state index contributed by atoms with van der Waals surface area (Å²) in [5.74, 6) is -0.907. The number of hydrogen-bond donors (Lipinski definition) is 2. The van der Waals surface area contributed by atoms with Crippen molar-refractivity contribution >= 4 is 19.8 Å². The lowest BCUT2D eigenvalue weighted by Gasteiger charge is -2.19. The second-order valence-electron chi connectivity index (χ2n) is 13.8. The van der Waals surface area contributed by atoms with Crippen LogP contribution in [-0.4, -0.2) is 49.3 Å². The standard InChI is InChI=1S/C45H78NO8P/c1-3-5-7-9-11-13-15-17-19-21-23-25-27-29-31-33-35-37-44(47)51-41-43(42-53-55(49,50)52-40-39-46)54-45(48)38-36-34-32-30-28-26-24-22-20-18-16-14-12-10-8-6-4-2/h6,8,12,14,17-20,24,26,30,32,43H,3-5,7,9-11,13,15-16,21-23,25,27-29,31,33-42,46H2,1-2H3,(H,49,50)/b8-6+,14-12+,19-17+,20-18+,26-24+,32-30+/t43-/m1/s1. The quantitative estimate of drug-likeness (QED) is 0.0270. The Morgan fingerprint density at radius 2 is 1.02 bits per heavy atom. The Morgan fingerprint density at radius 1 is 0.564 bits per heavy atom. The lowest BCUT2D eigenvalue weighted by atomic mass is 10.1. The van der Waals surface area contributed by atoms with Crippen LogP contribution in [0.5, 0.6) is 0 Å². The van der Waals surface area contributed by atoms with Crippen LogP contribution in [-0.2, 0) is 32.7 Å². The summed E-state index contributed by atoms with van der Waals surface area (Å²) in [4.78, 5) is 34.8. The van der Waals surface area contributed by atoms with Crippen LogP contribution in [0.1, 0.15) is 168 Å². The Bertz CT molecular complexity index is 1130. The van der Waals surface area contributed by atoms with Crippen molar-refractivity contribution in [3.63, 3.8) is 0 Å². The van der Waals surface area contributed by atoms with Gasteiger partial charge in [-0.3, -0.25) is 18.6 Å². The maximum absolute atomic E-state index is 12.6. The normalized spacial score (nSPS) is 14.0. The van der Waals surface area contributed by atoms with Crippen molar-refractivity contribution in [3.8, 4) is 0 Å². The third-order valence-electron chi connectivity index (χ3n) is 8.58. The smallest absolute Gasteiger partial charge is 0.462 e. The maximum Gasteiger partial charge on any atom is 0.472 e. The number of phosphoric acid groups is 1. The Balaban J connectivity index is 4.27. The predicted octanol–water partition coefficient (Wildman–Crippen LogP) is 12.3. The molecule has 0 fully saturated rings. The Labute approximate surface area is 335 Å². The summed E-state index contributed by atoms with van der Waals surface area (Å²) in [6.45, 7) is 3.53. The Kier molecular flexibility index (Phi) is 39.2. The molecule has 9 nitrogen and oxygen atoms in total. The van der Waals surface area contributed by atoms with E-state index in [2.05, 4.69) is 80.7 Å². The number of nitrogens with two attached hydrogens (primary N) is 1. The number of allylic oxidation sites excluding steroid dienone is 12. The number of carbonyl (C=O) groups excluding carboxylic acids is 2. The van der Waals surface area contributed by atoms with Gasteiger partial charge in [0.2, 0.25) is 0 Å². The molecule has 0 aliphatic carbocycles. The first kappa shape index (κ1) is 52.5. The maximum atomic E-state index is 12.6. The van der Waals surface area contributed by atoms with Gasteiger partial charge >= 0.3 is 19.8 Å². The van der Waals surface area contributed by atoms with Crippen LogP contribution in [0.2, 0.25) is 0 Å². The molecule has 10 heteroatoms. The second kappa shape index (κ2) is 41.1. The van der Waals surface area contributed by atoms with E-state index in [0.717, 1.165) is 64.2 Å². The molecule has 0 aromatic rings. The SMILES string of the molecule is CC/C=C/C/C=C/C/C=C/C/C=C/C/C=C/CCCC(=O)O[C@H](COC(=O)CCCCCCCCC/C=C/CCCCCCCC)COP(=O)(O)OCCN. The zero-order valence-electron chi connectivity index (χ0n) is 34.6. The molecular weight excluding hydrogens is 713 g/mol.